The summed E-state index contributed by atoms with van der Waals surface area (Å²) in [6.07, 6.45) is -0.231. The predicted molar refractivity (Wildman–Crippen MR) is 53.3 cm³/mol. The maximum atomic E-state index is 11.4. The van der Waals surface area contributed by atoms with Crippen molar-refractivity contribution in [1.29, 1.82) is 0 Å². The summed E-state index contributed by atoms with van der Waals surface area (Å²) in [4.78, 5) is 21.5. The van der Waals surface area contributed by atoms with E-state index in [4.69, 9.17) is 10.2 Å². The van der Waals surface area contributed by atoms with Crippen molar-refractivity contribution in [3.63, 3.8) is 0 Å². The zero-order valence-electron chi connectivity index (χ0n) is 7.56. The minimum atomic E-state index is -1.78. The van der Waals surface area contributed by atoms with Crippen LogP contribution >= 0.6 is 0 Å². The topological polar surface area (TPSA) is 123 Å². The van der Waals surface area contributed by atoms with E-state index in [9.17, 15) is 4.79 Å². The number of fused-ring (bicyclic) bond motifs is 1. The van der Waals surface area contributed by atoms with Crippen molar-refractivity contribution in [3.8, 4) is 0 Å². The number of aliphatic hydroxyl groups excluding tert-OH is 1. The number of H-pyrrole nitrogens is 1. The van der Waals surface area contributed by atoms with Crippen LogP contribution in [0.4, 0.5) is 17.5 Å². The van der Waals surface area contributed by atoms with Crippen molar-refractivity contribution in [2.45, 2.75) is 6.41 Å². The van der Waals surface area contributed by atoms with E-state index in [1.165, 1.54) is 0 Å². The third-order valence-corrected chi connectivity index (χ3v) is 1.74. The van der Waals surface area contributed by atoms with Crippen LogP contribution in [0.15, 0.2) is 9.79 Å². The van der Waals surface area contributed by atoms with Crippen molar-refractivity contribution in [2.75, 3.05) is 17.2 Å². The van der Waals surface area contributed by atoms with Gasteiger partial charge in [0.05, 0.1) is 6.54 Å². The molecule has 1 aromatic heterocycles. The third-order valence-electron chi connectivity index (χ3n) is 1.74. The summed E-state index contributed by atoms with van der Waals surface area (Å²) in [6.45, 7) is 0.477. The summed E-state index contributed by atoms with van der Waals surface area (Å²) in [6, 6.07) is 0. The molecule has 8 heteroatoms. The largest absolute Gasteiger partial charge is 0.363 e. The Bertz CT molecular complexity index is 452. The second-order valence-corrected chi connectivity index (χ2v) is 2.82. The fourth-order valence-corrected chi connectivity index (χ4v) is 1.18. The summed E-state index contributed by atoms with van der Waals surface area (Å²) in [5.74, 6) is 0.280. The number of rotatable bonds is 2. The zero-order valence-corrected chi connectivity index (χ0v) is 7.56. The van der Waals surface area contributed by atoms with Gasteiger partial charge in [0, 0.05) is 6.21 Å². The van der Waals surface area contributed by atoms with Gasteiger partial charge in [-0.2, -0.15) is 4.98 Å². The SMILES string of the molecule is O=c1[nH]c(NC(O)O)nc2c1N=CCN2. The van der Waals surface area contributed by atoms with Crippen LogP contribution < -0.4 is 16.2 Å². The Labute approximate surface area is 83.7 Å². The number of aromatic amines is 1. The molecule has 1 aromatic rings. The standard InChI is InChI=1S/C7H9N5O3/c13-5-3-4(9-2-1-8-3)10-6(11-5)12-7(14)15/h1,7,14-15H,2H2,(H3,9,10,11,12,13). The van der Waals surface area contributed by atoms with Crippen molar-refractivity contribution in [3.05, 3.63) is 10.4 Å². The molecule has 0 amide bonds. The van der Waals surface area contributed by atoms with E-state index >= 15 is 0 Å². The second kappa shape index (κ2) is 3.67. The Balaban J connectivity index is 2.42. The molecule has 0 spiro atoms. The summed E-state index contributed by atoms with van der Waals surface area (Å²) in [5.41, 5.74) is -0.272. The first-order valence-electron chi connectivity index (χ1n) is 4.20. The molecule has 2 rings (SSSR count). The van der Waals surface area contributed by atoms with Crippen LogP contribution in [0.25, 0.3) is 0 Å². The predicted octanol–water partition coefficient (Wildman–Crippen LogP) is -1.42. The van der Waals surface area contributed by atoms with E-state index in [2.05, 4.69) is 25.6 Å². The lowest BCUT2D eigenvalue weighted by Gasteiger charge is -2.12. The van der Waals surface area contributed by atoms with Crippen LogP contribution in [0.5, 0.6) is 0 Å². The number of nitrogens with one attached hydrogen (secondary N) is 3. The van der Waals surface area contributed by atoms with Gasteiger partial charge in [-0.25, -0.2) is 4.99 Å². The van der Waals surface area contributed by atoms with Gasteiger partial charge in [0.15, 0.2) is 11.5 Å². The first-order chi connectivity index (χ1) is 7.16. The fourth-order valence-electron chi connectivity index (χ4n) is 1.18. The minimum Gasteiger partial charge on any atom is -0.363 e. The lowest BCUT2D eigenvalue weighted by atomic mass is 10.4. The van der Waals surface area contributed by atoms with Gasteiger partial charge in [0.1, 0.15) is 0 Å². The molecular formula is C7H9N5O3. The molecule has 0 aromatic carbocycles. The van der Waals surface area contributed by atoms with Gasteiger partial charge in [0.2, 0.25) is 12.4 Å². The highest BCUT2D eigenvalue weighted by Crippen LogP contribution is 2.19. The number of hydrogen-bond acceptors (Lipinski definition) is 7. The molecular weight excluding hydrogens is 202 g/mol. The molecule has 0 bridgehead atoms. The Morgan fingerprint density at radius 2 is 2.33 bits per heavy atom. The van der Waals surface area contributed by atoms with Gasteiger partial charge >= 0.3 is 0 Å². The first-order valence-corrected chi connectivity index (χ1v) is 4.20. The molecule has 8 nitrogen and oxygen atoms in total. The number of hydrogen-bond donors (Lipinski definition) is 5. The van der Waals surface area contributed by atoms with Crippen molar-refractivity contribution in [1.82, 2.24) is 9.97 Å². The molecule has 5 N–H and O–H groups in total. The molecule has 2 heterocycles. The lowest BCUT2D eigenvalue weighted by Crippen LogP contribution is -2.24. The van der Waals surface area contributed by atoms with Crippen LogP contribution in [-0.4, -0.2) is 39.4 Å². The molecule has 0 unspecified atom stereocenters. The van der Waals surface area contributed by atoms with E-state index in [1.54, 1.807) is 6.21 Å². The highest BCUT2D eigenvalue weighted by atomic mass is 16.5. The number of aromatic nitrogens is 2. The monoisotopic (exact) mass is 211 g/mol. The fraction of sp³-hybridized carbons (Fsp3) is 0.286. The molecule has 0 atom stereocenters. The van der Waals surface area contributed by atoms with E-state index < -0.39 is 12.0 Å². The van der Waals surface area contributed by atoms with Gasteiger partial charge < -0.3 is 20.8 Å². The smallest absolute Gasteiger partial charge is 0.280 e. The quantitative estimate of drug-likeness (QED) is 0.382. The molecule has 0 radical (unpaired) electrons. The molecule has 1 aliphatic heterocycles. The van der Waals surface area contributed by atoms with E-state index in [-0.39, 0.29) is 11.6 Å². The number of aliphatic imine (C=N–C) groups is 1. The van der Waals surface area contributed by atoms with Crippen molar-refractivity contribution < 1.29 is 10.2 Å². The van der Waals surface area contributed by atoms with E-state index in [0.717, 1.165) is 0 Å². The highest BCUT2D eigenvalue weighted by Gasteiger charge is 2.13. The molecule has 0 aliphatic carbocycles. The Morgan fingerprint density at radius 3 is 3.07 bits per heavy atom. The average Bonchev–Trinajstić information content (AvgIpc) is 2.16. The molecule has 15 heavy (non-hydrogen) atoms. The summed E-state index contributed by atoms with van der Waals surface area (Å²) in [7, 11) is 0. The maximum Gasteiger partial charge on any atom is 0.280 e. The van der Waals surface area contributed by atoms with Crippen LogP contribution in [0.1, 0.15) is 0 Å². The summed E-state index contributed by atoms with van der Waals surface area (Å²) < 4.78 is 0. The van der Waals surface area contributed by atoms with Gasteiger partial charge in [-0.15, -0.1) is 0 Å². The van der Waals surface area contributed by atoms with Gasteiger partial charge in [-0.3, -0.25) is 9.78 Å². The molecule has 0 saturated heterocycles. The van der Waals surface area contributed by atoms with Gasteiger partial charge in [-0.05, 0) is 0 Å². The Morgan fingerprint density at radius 1 is 1.53 bits per heavy atom. The summed E-state index contributed by atoms with van der Waals surface area (Å²) in [5, 5.41) is 22.2. The van der Waals surface area contributed by atoms with E-state index in [1.807, 2.05) is 0 Å². The number of nitrogens with zero attached hydrogens (tertiary/aromatic N) is 2. The number of anilines is 2. The average molecular weight is 211 g/mol. The third kappa shape index (κ3) is 1.95. The van der Waals surface area contributed by atoms with Gasteiger partial charge in [-0.1, -0.05) is 0 Å². The van der Waals surface area contributed by atoms with Crippen LogP contribution in [-0.2, 0) is 0 Å². The Hall–Kier alpha value is -1.93. The molecule has 80 valence electrons. The molecule has 1 aliphatic rings. The van der Waals surface area contributed by atoms with Crippen LogP contribution in [0.3, 0.4) is 0 Å². The molecule has 0 saturated carbocycles. The van der Waals surface area contributed by atoms with Crippen molar-refractivity contribution in [2.24, 2.45) is 4.99 Å². The van der Waals surface area contributed by atoms with E-state index in [0.29, 0.717) is 12.4 Å². The van der Waals surface area contributed by atoms with Crippen LogP contribution in [0.2, 0.25) is 0 Å². The normalized spacial score (nSPS) is 13.5. The number of aliphatic hydroxyl groups is 2. The second-order valence-electron chi connectivity index (χ2n) is 2.82. The maximum absolute atomic E-state index is 11.4. The van der Waals surface area contributed by atoms with Crippen LogP contribution in [0, 0.1) is 0 Å². The lowest BCUT2D eigenvalue weighted by molar-refractivity contribution is -0.0153. The zero-order chi connectivity index (χ0) is 10.8. The van der Waals surface area contributed by atoms with Crippen molar-refractivity contribution >= 4 is 23.7 Å². The van der Waals surface area contributed by atoms with Gasteiger partial charge in [0.25, 0.3) is 5.56 Å². The summed E-state index contributed by atoms with van der Waals surface area (Å²) >= 11 is 0. The first kappa shape index (κ1) is 9.62. The highest BCUT2D eigenvalue weighted by molar-refractivity contribution is 5.78. The Kier molecular flexibility index (Phi) is 2.35. The molecule has 0 fully saturated rings. The minimum absolute atomic E-state index is 0.0293.